The molecule has 1 aromatic heterocycles. The predicted octanol–water partition coefficient (Wildman–Crippen LogP) is 1.32. The Morgan fingerprint density at radius 2 is 1.88 bits per heavy atom. The summed E-state index contributed by atoms with van der Waals surface area (Å²) in [5.74, 6) is 3.09. The molecule has 17 heavy (non-hydrogen) atoms. The minimum atomic E-state index is -0.0945. The van der Waals surface area contributed by atoms with Crippen LogP contribution in [0.1, 0.15) is 24.2 Å². The number of nitrogens with one attached hydrogen (secondary N) is 2. The summed E-state index contributed by atoms with van der Waals surface area (Å²) in [6.45, 7) is 4.76. The highest BCUT2D eigenvalue weighted by atomic mass is 16.3. The Kier molecular flexibility index (Phi) is 3.47. The lowest BCUT2D eigenvalue weighted by Gasteiger charge is -2.31. The van der Waals surface area contributed by atoms with E-state index in [1.165, 1.54) is 0 Å². The van der Waals surface area contributed by atoms with E-state index < -0.39 is 0 Å². The lowest BCUT2D eigenvalue weighted by Crippen LogP contribution is -2.33. The van der Waals surface area contributed by atoms with Gasteiger partial charge in [0.05, 0.1) is 6.10 Å². The number of aryl methyl sites for hydroxylation is 1. The molecule has 1 saturated carbocycles. The maximum absolute atomic E-state index is 9.23. The number of aliphatic hydroxyl groups is 1. The van der Waals surface area contributed by atoms with E-state index in [-0.39, 0.29) is 6.10 Å². The molecule has 0 bridgehead atoms. The van der Waals surface area contributed by atoms with Crippen LogP contribution in [0, 0.1) is 19.8 Å². The largest absolute Gasteiger partial charge is 0.393 e. The molecule has 1 aliphatic carbocycles. The highest BCUT2D eigenvalue weighted by Gasteiger charge is 2.26. The van der Waals surface area contributed by atoms with Gasteiger partial charge in [-0.15, -0.1) is 0 Å². The van der Waals surface area contributed by atoms with Crippen LogP contribution in [0.3, 0.4) is 0 Å². The fourth-order valence-electron chi connectivity index (χ4n) is 2.15. The molecule has 0 aromatic carbocycles. The van der Waals surface area contributed by atoms with Gasteiger partial charge in [-0.1, -0.05) is 0 Å². The van der Waals surface area contributed by atoms with Gasteiger partial charge in [0, 0.05) is 19.2 Å². The van der Waals surface area contributed by atoms with Crippen molar-refractivity contribution in [2.45, 2.75) is 32.8 Å². The Morgan fingerprint density at radius 3 is 2.47 bits per heavy atom. The van der Waals surface area contributed by atoms with Crippen LogP contribution < -0.4 is 10.6 Å². The van der Waals surface area contributed by atoms with Gasteiger partial charge in [0.25, 0.3) is 0 Å². The van der Waals surface area contributed by atoms with Gasteiger partial charge in [0.1, 0.15) is 17.5 Å². The van der Waals surface area contributed by atoms with E-state index in [1.54, 1.807) is 0 Å². The number of anilines is 2. The molecule has 5 nitrogen and oxygen atoms in total. The summed E-state index contributed by atoms with van der Waals surface area (Å²) in [5, 5.41) is 15.6. The van der Waals surface area contributed by atoms with Gasteiger partial charge in [0.2, 0.25) is 0 Å². The monoisotopic (exact) mass is 236 g/mol. The molecule has 0 atom stereocenters. The third-order valence-electron chi connectivity index (χ3n) is 3.26. The van der Waals surface area contributed by atoms with Crippen LogP contribution in [0.2, 0.25) is 0 Å². The molecule has 1 aromatic rings. The van der Waals surface area contributed by atoms with E-state index >= 15 is 0 Å². The van der Waals surface area contributed by atoms with E-state index in [0.29, 0.717) is 5.92 Å². The summed E-state index contributed by atoms with van der Waals surface area (Å²) < 4.78 is 0. The van der Waals surface area contributed by atoms with Crippen LogP contribution in [0.4, 0.5) is 11.6 Å². The highest BCUT2D eigenvalue weighted by Crippen LogP contribution is 2.28. The van der Waals surface area contributed by atoms with E-state index in [1.807, 2.05) is 20.9 Å². The standard InChI is InChI=1S/C12H20N4O/c1-7-11(13-3)15-8(2)16-12(7)14-6-9-4-10(17)5-9/h9-10,17H,4-6H2,1-3H3,(H2,13,14,15,16). The van der Waals surface area contributed by atoms with Crippen molar-refractivity contribution < 1.29 is 5.11 Å². The van der Waals surface area contributed by atoms with Crippen molar-refractivity contribution >= 4 is 11.6 Å². The van der Waals surface area contributed by atoms with Crippen molar-refractivity contribution in [2.75, 3.05) is 24.2 Å². The van der Waals surface area contributed by atoms with Crippen molar-refractivity contribution in [1.29, 1.82) is 0 Å². The Labute approximate surface area is 102 Å². The number of aromatic nitrogens is 2. The quantitative estimate of drug-likeness (QED) is 0.735. The van der Waals surface area contributed by atoms with E-state index in [9.17, 15) is 5.11 Å². The van der Waals surface area contributed by atoms with Crippen molar-refractivity contribution in [1.82, 2.24) is 9.97 Å². The molecule has 0 unspecified atom stereocenters. The van der Waals surface area contributed by atoms with Gasteiger partial charge in [-0.25, -0.2) is 9.97 Å². The minimum absolute atomic E-state index is 0.0945. The average molecular weight is 236 g/mol. The van der Waals surface area contributed by atoms with Crippen LogP contribution in [0.5, 0.6) is 0 Å². The van der Waals surface area contributed by atoms with E-state index in [2.05, 4.69) is 20.6 Å². The normalized spacial score (nSPS) is 23.1. The molecule has 94 valence electrons. The molecule has 1 aliphatic rings. The first kappa shape index (κ1) is 12.1. The fraction of sp³-hybridized carbons (Fsp3) is 0.667. The lowest BCUT2D eigenvalue weighted by atomic mass is 9.82. The molecular formula is C12H20N4O. The maximum Gasteiger partial charge on any atom is 0.134 e. The molecule has 1 fully saturated rings. The molecule has 0 aliphatic heterocycles. The molecule has 0 amide bonds. The number of nitrogens with zero attached hydrogens (tertiary/aromatic N) is 2. The molecule has 0 spiro atoms. The molecule has 5 heteroatoms. The van der Waals surface area contributed by atoms with Crippen LogP contribution in [-0.2, 0) is 0 Å². The number of rotatable bonds is 4. The zero-order valence-electron chi connectivity index (χ0n) is 10.6. The topological polar surface area (TPSA) is 70.1 Å². The Hall–Kier alpha value is -1.36. The summed E-state index contributed by atoms with van der Waals surface area (Å²) in [5.41, 5.74) is 1.04. The SMILES string of the molecule is CNc1nc(C)nc(NCC2CC(O)C2)c1C. The van der Waals surface area contributed by atoms with Gasteiger partial charge in [-0.05, 0) is 32.6 Å². The Balaban J connectivity index is 2.02. The third-order valence-corrected chi connectivity index (χ3v) is 3.26. The summed E-state index contributed by atoms with van der Waals surface area (Å²) in [7, 11) is 1.86. The van der Waals surface area contributed by atoms with Crippen molar-refractivity contribution in [3.05, 3.63) is 11.4 Å². The summed E-state index contributed by atoms with van der Waals surface area (Å²) in [4.78, 5) is 8.73. The summed E-state index contributed by atoms with van der Waals surface area (Å²) in [6, 6.07) is 0. The van der Waals surface area contributed by atoms with Crippen LogP contribution in [0.15, 0.2) is 0 Å². The van der Waals surface area contributed by atoms with Gasteiger partial charge in [0.15, 0.2) is 0 Å². The van der Waals surface area contributed by atoms with Gasteiger partial charge < -0.3 is 15.7 Å². The second kappa shape index (κ2) is 4.87. The number of hydrogen-bond acceptors (Lipinski definition) is 5. The van der Waals surface area contributed by atoms with E-state index in [0.717, 1.165) is 42.4 Å². The van der Waals surface area contributed by atoms with Crippen molar-refractivity contribution in [3.8, 4) is 0 Å². The summed E-state index contributed by atoms with van der Waals surface area (Å²) in [6.07, 6.45) is 1.70. The van der Waals surface area contributed by atoms with Gasteiger partial charge in [-0.3, -0.25) is 0 Å². The summed E-state index contributed by atoms with van der Waals surface area (Å²) >= 11 is 0. The van der Waals surface area contributed by atoms with Gasteiger partial charge in [-0.2, -0.15) is 0 Å². The second-order valence-corrected chi connectivity index (χ2v) is 4.72. The minimum Gasteiger partial charge on any atom is -0.393 e. The second-order valence-electron chi connectivity index (χ2n) is 4.72. The van der Waals surface area contributed by atoms with Gasteiger partial charge >= 0.3 is 0 Å². The molecule has 1 heterocycles. The fourth-order valence-corrected chi connectivity index (χ4v) is 2.15. The van der Waals surface area contributed by atoms with Crippen LogP contribution >= 0.6 is 0 Å². The van der Waals surface area contributed by atoms with E-state index in [4.69, 9.17) is 0 Å². The first-order valence-electron chi connectivity index (χ1n) is 6.05. The molecule has 2 rings (SSSR count). The maximum atomic E-state index is 9.23. The molecule has 0 saturated heterocycles. The number of hydrogen-bond donors (Lipinski definition) is 3. The molecular weight excluding hydrogens is 216 g/mol. The smallest absolute Gasteiger partial charge is 0.134 e. The third kappa shape index (κ3) is 2.66. The van der Waals surface area contributed by atoms with Crippen LogP contribution in [-0.4, -0.2) is 34.8 Å². The molecule has 0 radical (unpaired) electrons. The first-order chi connectivity index (χ1) is 8.10. The zero-order valence-corrected chi connectivity index (χ0v) is 10.6. The lowest BCUT2D eigenvalue weighted by molar-refractivity contribution is 0.0486. The zero-order chi connectivity index (χ0) is 12.4. The predicted molar refractivity (Wildman–Crippen MR) is 68.3 cm³/mol. The molecule has 3 N–H and O–H groups in total. The average Bonchev–Trinajstić information content (AvgIpc) is 2.26. The first-order valence-corrected chi connectivity index (χ1v) is 6.05. The Morgan fingerprint density at radius 1 is 1.24 bits per heavy atom. The van der Waals surface area contributed by atoms with Crippen molar-refractivity contribution in [2.24, 2.45) is 5.92 Å². The van der Waals surface area contributed by atoms with Crippen molar-refractivity contribution in [3.63, 3.8) is 0 Å². The Bertz CT molecular complexity index is 402. The van der Waals surface area contributed by atoms with Crippen LogP contribution in [0.25, 0.3) is 0 Å². The number of aliphatic hydroxyl groups excluding tert-OH is 1. The highest BCUT2D eigenvalue weighted by molar-refractivity contribution is 5.56.